The van der Waals surface area contributed by atoms with Gasteiger partial charge in [0.25, 0.3) is 0 Å². The molecule has 2 aromatic heterocycles. The van der Waals surface area contributed by atoms with E-state index in [2.05, 4.69) is 28.8 Å². The summed E-state index contributed by atoms with van der Waals surface area (Å²) in [7, 11) is 0. The third kappa shape index (κ3) is 1.62. The van der Waals surface area contributed by atoms with Crippen LogP contribution in [0, 0.1) is 6.92 Å². The maximum Gasteiger partial charge on any atom is 0.177 e. The summed E-state index contributed by atoms with van der Waals surface area (Å²) in [5.41, 5.74) is 3.14. The Bertz CT molecular complexity index is 431. The number of pyridine rings is 1. The summed E-state index contributed by atoms with van der Waals surface area (Å²) in [5.74, 6) is 1.06. The highest BCUT2D eigenvalue weighted by molar-refractivity contribution is 5.74. The predicted octanol–water partition coefficient (Wildman–Crippen LogP) is 2.61. The molecule has 0 fully saturated rings. The molecule has 0 amide bonds. The van der Waals surface area contributed by atoms with Crippen LogP contribution in [0.4, 0.5) is 0 Å². The first-order chi connectivity index (χ1) is 6.81. The number of aromatic nitrogens is 3. The molecule has 0 atom stereocenters. The van der Waals surface area contributed by atoms with Crippen molar-refractivity contribution in [2.24, 2.45) is 0 Å². The van der Waals surface area contributed by atoms with Crippen molar-refractivity contribution in [3.63, 3.8) is 0 Å². The fraction of sp³-hybridized carbons (Fsp3) is 0.455. The van der Waals surface area contributed by atoms with E-state index in [1.807, 2.05) is 12.3 Å². The number of hydrogen-bond donors (Lipinski definition) is 1. The summed E-state index contributed by atoms with van der Waals surface area (Å²) in [6.07, 6.45) is 5.21. The number of rotatable bonds is 3. The summed E-state index contributed by atoms with van der Waals surface area (Å²) in [6, 6.07) is 2.00. The van der Waals surface area contributed by atoms with E-state index in [-0.39, 0.29) is 0 Å². The molecular weight excluding hydrogens is 174 g/mol. The lowest BCUT2D eigenvalue weighted by atomic mass is 10.2. The molecule has 0 bridgehead atoms. The van der Waals surface area contributed by atoms with Gasteiger partial charge in [-0.05, 0) is 25.0 Å². The van der Waals surface area contributed by atoms with Crippen LogP contribution in [0.25, 0.3) is 11.2 Å². The molecule has 3 nitrogen and oxygen atoms in total. The van der Waals surface area contributed by atoms with E-state index in [9.17, 15) is 0 Å². The lowest BCUT2D eigenvalue weighted by Gasteiger charge is -1.92. The third-order valence-electron chi connectivity index (χ3n) is 2.42. The summed E-state index contributed by atoms with van der Waals surface area (Å²) in [5, 5.41) is 0. The first-order valence-corrected chi connectivity index (χ1v) is 5.11. The summed E-state index contributed by atoms with van der Waals surface area (Å²) >= 11 is 0. The van der Waals surface area contributed by atoms with E-state index in [0.29, 0.717) is 0 Å². The zero-order valence-corrected chi connectivity index (χ0v) is 8.67. The van der Waals surface area contributed by atoms with Crippen molar-refractivity contribution in [3.05, 3.63) is 23.7 Å². The summed E-state index contributed by atoms with van der Waals surface area (Å²) in [4.78, 5) is 12.0. The van der Waals surface area contributed by atoms with Gasteiger partial charge in [0.05, 0.1) is 5.52 Å². The van der Waals surface area contributed by atoms with Gasteiger partial charge in [0.1, 0.15) is 5.82 Å². The molecule has 0 saturated carbocycles. The van der Waals surface area contributed by atoms with Gasteiger partial charge in [-0.3, -0.25) is 0 Å². The van der Waals surface area contributed by atoms with Crippen LogP contribution in [0.3, 0.4) is 0 Å². The molecule has 0 aliphatic carbocycles. The molecule has 2 rings (SSSR count). The standard InChI is InChI=1S/C11H15N3/c1-3-4-5-9-13-10-8(2)6-7-12-11(10)14-9/h6-7H,3-5H2,1-2H3,(H,12,13,14). The Hall–Kier alpha value is -1.38. The van der Waals surface area contributed by atoms with E-state index in [0.717, 1.165) is 23.4 Å². The summed E-state index contributed by atoms with van der Waals surface area (Å²) < 4.78 is 0. The van der Waals surface area contributed by atoms with Crippen molar-refractivity contribution in [2.75, 3.05) is 0 Å². The molecule has 0 saturated heterocycles. The van der Waals surface area contributed by atoms with E-state index in [1.165, 1.54) is 18.4 Å². The van der Waals surface area contributed by atoms with Crippen LogP contribution in [0.15, 0.2) is 12.3 Å². The monoisotopic (exact) mass is 189 g/mol. The van der Waals surface area contributed by atoms with Crippen molar-refractivity contribution < 1.29 is 0 Å². The highest BCUT2D eigenvalue weighted by Crippen LogP contribution is 2.13. The van der Waals surface area contributed by atoms with E-state index >= 15 is 0 Å². The van der Waals surface area contributed by atoms with Crippen molar-refractivity contribution >= 4 is 11.2 Å². The highest BCUT2D eigenvalue weighted by atomic mass is 15.0. The Kier molecular flexibility index (Phi) is 2.48. The van der Waals surface area contributed by atoms with E-state index in [4.69, 9.17) is 0 Å². The number of aromatic amines is 1. The van der Waals surface area contributed by atoms with Crippen LogP contribution >= 0.6 is 0 Å². The van der Waals surface area contributed by atoms with Gasteiger partial charge < -0.3 is 4.98 Å². The third-order valence-corrected chi connectivity index (χ3v) is 2.42. The van der Waals surface area contributed by atoms with Crippen molar-refractivity contribution in [1.29, 1.82) is 0 Å². The summed E-state index contributed by atoms with van der Waals surface area (Å²) in [6.45, 7) is 4.26. The molecule has 2 aromatic rings. The number of hydrogen-bond acceptors (Lipinski definition) is 2. The number of fused-ring (bicyclic) bond motifs is 1. The van der Waals surface area contributed by atoms with Gasteiger partial charge in [0.15, 0.2) is 5.65 Å². The first-order valence-electron chi connectivity index (χ1n) is 5.11. The van der Waals surface area contributed by atoms with Gasteiger partial charge in [0.2, 0.25) is 0 Å². The predicted molar refractivity (Wildman–Crippen MR) is 57.2 cm³/mol. The van der Waals surface area contributed by atoms with Gasteiger partial charge in [-0.1, -0.05) is 13.3 Å². The fourth-order valence-electron chi connectivity index (χ4n) is 1.55. The largest absolute Gasteiger partial charge is 0.340 e. The minimum absolute atomic E-state index is 0.844. The number of nitrogens with zero attached hydrogens (tertiary/aromatic N) is 2. The normalized spacial score (nSPS) is 11.0. The van der Waals surface area contributed by atoms with Crippen molar-refractivity contribution in [3.8, 4) is 0 Å². The molecule has 0 aliphatic rings. The van der Waals surface area contributed by atoms with Crippen molar-refractivity contribution in [1.82, 2.24) is 15.0 Å². The first kappa shape index (κ1) is 9.19. The van der Waals surface area contributed by atoms with Crippen LogP contribution in [0.2, 0.25) is 0 Å². The lowest BCUT2D eigenvalue weighted by Crippen LogP contribution is -1.86. The molecule has 3 heteroatoms. The zero-order valence-electron chi connectivity index (χ0n) is 8.67. The fourth-order valence-corrected chi connectivity index (χ4v) is 1.55. The highest BCUT2D eigenvalue weighted by Gasteiger charge is 2.04. The molecule has 0 unspecified atom stereocenters. The molecule has 2 heterocycles. The Balaban J connectivity index is 2.36. The molecular formula is C11H15N3. The zero-order chi connectivity index (χ0) is 9.97. The minimum atomic E-state index is 0.844. The topological polar surface area (TPSA) is 41.6 Å². The second kappa shape index (κ2) is 3.78. The molecule has 14 heavy (non-hydrogen) atoms. The van der Waals surface area contributed by atoms with E-state index in [1.54, 1.807) is 0 Å². The average molecular weight is 189 g/mol. The van der Waals surface area contributed by atoms with Gasteiger partial charge in [0, 0.05) is 12.6 Å². The number of unbranched alkanes of at least 4 members (excludes halogenated alkanes) is 1. The van der Waals surface area contributed by atoms with Crippen LogP contribution < -0.4 is 0 Å². The molecule has 74 valence electrons. The van der Waals surface area contributed by atoms with Gasteiger partial charge >= 0.3 is 0 Å². The Morgan fingerprint density at radius 1 is 1.43 bits per heavy atom. The van der Waals surface area contributed by atoms with Gasteiger partial charge in [-0.15, -0.1) is 0 Å². The number of aryl methyl sites for hydroxylation is 2. The molecule has 0 radical (unpaired) electrons. The molecule has 0 spiro atoms. The van der Waals surface area contributed by atoms with Crippen LogP contribution in [-0.4, -0.2) is 15.0 Å². The SMILES string of the molecule is CCCCc1nc2nccc(C)c2[nH]1. The number of H-pyrrole nitrogens is 1. The Morgan fingerprint density at radius 2 is 2.29 bits per heavy atom. The average Bonchev–Trinajstić information content (AvgIpc) is 2.59. The number of imidazole rings is 1. The van der Waals surface area contributed by atoms with Gasteiger partial charge in [-0.2, -0.15) is 0 Å². The minimum Gasteiger partial charge on any atom is -0.340 e. The maximum atomic E-state index is 4.44. The smallest absolute Gasteiger partial charge is 0.177 e. The van der Waals surface area contributed by atoms with Gasteiger partial charge in [-0.25, -0.2) is 9.97 Å². The molecule has 1 N–H and O–H groups in total. The molecule has 0 aromatic carbocycles. The number of nitrogens with one attached hydrogen (secondary N) is 1. The van der Waals surface area contributed by atoms with E-state index < -0.39 is 0 Å². The van der Waals surface area contributed by atoms with Crippen LogP contribution in [0.1, 0.15) is 31.2 Å². The second-order valence-corrected chi connectivity index (χ2v) is 3.61. The quantitative estimate of drug-likeness (QED) is 0.806. The lowest BCUT2D eigenvalue weighted by molar-refractivity contribution is 0.764. The van der Waals surface area contributed by atoms with Crippen LogP contribution in [-0.2, 0) is 6.42 Å². The van der Waals surface area contributed by atoms with Crippen molar-refractivity contribution in [2.45, 2.75) is 33.1 Å². The van der Waals surface area contributed by atoms with Crippen LogP contribution in [0.5, 0.6) is 0 Å². The second-order valence-electron chi connectivity index (χ2n) is 3.61. The maximum absolute atomic E-state index is 4.44. The Morgan fingerprint density at radius 3 is 3.00 bits per heavy atom. The Labute approximate surface area is 83.6 Å². The molecule has 0 aliphatic heterocycles.